The summed E-state index contributed by atoms with van der Waals surface area (Å²) in [6.07, 6.45) is 1.34. The molecule has 4 aliphatic rings. The van der Waals surface area contributed by atoms with Gasteiger partial charge >= 0.3 is 248 Å². The molecular formula is C33H35NO6Se. The molecule has 0 amide bonds. The molecule has 4 saturated heterocycles. The zero-order chi connectivity index (χ0) is 27.6. The minimum absolute atomic E-state index is 0.0370. The summed E-state index contributed by atoms with van der Waals surface area (Å²) in [6, 6.07) is 29.0. The third-order valence-corrected chi connectivity index (χ3v) is 11.0. The van der Waals surface area contributed by atoms with E-state index in [0.29, 0.717) is 19.6 Å². The molecule has 41 heavy (non-hydrogen) atoms. The zero-order valence-electron chi connectivity index (χ0n) is 22.9. The van der Waals surface area contributed by atoms with Gasteiger partial charge in [0.2, 0.25) is 0 Å². The van der Waals surface area contributed by atoms with Crippen LogP contribution in [0.15, 0.2) is 84.9 Å². The molecule has 3 aromatic carbocycles. The number of nitrogens with zero attached hydrogens (tertiary/aromatic N) is 1. The van der Waals surface area contributed by atoms with Crippen LogP contribution < -0.4 is 4.46 Å². The molecule has 4 heterocycles. The van der Waals surface area contributed by atoms with Crippen LogP contribution in [0.5, 0.6) is 0 Å². The Morgan fingerprint density at radius 3 is 1.95 bits per heavy atom. The van der Waals surface area contributed by atoms with Crippen LogP contribution in [0.1, 0.15) is 48.5 Å². The standard InChI is InChI=1S/C33H35NO6Se/c35-29-17-9-15-25(38-29)21-41-28-16-8-7-14-24(28)18-34-26-19-36-32(22-10-3-1-4-11-22)39-30(26)31-27(34)20-37-33(40-31)23-12-5-2-6-13-23/h1-8,10-14,16,25-27,30-33H,9,15,17-21H2/t25?,26-,27-,30+,31+,32+,33+/m0/s1. The SMILES string of the molecule is O=C1CCCC(C[Se]c2ccccc2CN2[C@H]3CO[C@@H](c4ccccc4)O[C@H]3[C@@H]3O[C@H](c4ccccc4)OC[C@@H]32)O1. The van der Waals surface area contributed by atoms with Gasteiger partial charge in [0.1, 0.15) is 0 Å². The summed E-state index contributed by atoms with van der Waals surface area (Å²) in [5.41, 5.74) is 3.33. The summed E-state index contributed by atoms with van der Waals surface area (Å²) >= 11 is 0.202. The van der Waals surface area contributed by atoms with Crippen molar-refractivity contribution in [2.75, 3.05) is 13.2 Å². The van der Waals surface area contributed by atoms with Crippen LogP contribution in [0.4, 0.5) is 0 Å². The maximum absolute atomic E-state index is 11.8. The van der Waals surface area contributed by atoms with Crippen molar-refractivity contribution < 1.29 is 28.5 Å². The van der Waals surface area contributed by atoms with Gasteiger partial charge in [-0.3, -0.25) is 0 Å². The molecule has 0 aliphatic carbocycles. The van der Waals surface area contributed by atoms with Gasteiger partial charge in [0.15, 0.2) is 0 Å². The molecule has 4 aliphatic heterocycles. The third-order valence-electron chi connectivity index (χ3n) is 8.43. The number of ether oxygens (including phenoxy) is 5. The fourth-order valence-electron chi connectivity index (χ4n) is 6.37. The van der Waals surface area contributed by atoms with Gasteiger partial charge in [0, 0.05) is 0 Å². The molecule has 7 rings (SSSR count). The Morgan fingerprint density at radius 2 is 1.34 bits per heavy atom. The van der Waals surface area contributed by atoms with Gasteiger partial charge in [-0.1, -0.05) is 0 Å². The molecule has 0 N–H and O–H groups in total. The summed E-state index contributed by atoms with van der Waals surface area (Å²) in [5, 5.41) is 0.907. The van der Waals surface area contributed by atoms with Gasteiger partial charge in [0.05, 0.1) is 0 Å². The minimum atomic E-state index is -0.423. The molecule has 7 nitrogen and oxygen atoms in total. The van der Waals surface area contributed by atoms with E-state index in [1.54, 1.807) is 0 Å². The number of esters is 1. The quantitative estimate of drug-likeness (QED) is 0.288. The van der Waals surface area contributed by atoms with E-state index in [4.69, 9.17) is 23.7 Å². The summed E-state index contributed by atoms with van der Waals surface area (Å²) in [4.78, 5) is 14.3. The van der Waals surface area contributed by atoms with Crippen molar-refractivity contribution in [1.82, 2.24) is 4.90 Å². The van der Waals surface area contributed by atoms with E-state index >= 15 is 0 Å². The number of cyclic esters (lactones) is 1. The first-order chi connectivity index (χ1) is 20.2. The Hall–Kier alpha value is -2.55. The van der Waals surface area contributed by atoms with E-state index in [0.717, 1.165) is 35.8 Å². The Morgan fingerprint density at radius 1 is 0.756 bits per heavy atom. The van der Waals surface area contributed by atoms with Gasteiger partial charge in [0.25, 0.3) is 0 Å². The van der Waals surface area contributed by atoms with Crippen LogP contribution in [0, 0.1) is 0 Å². The molecule has 8 heteroatoms. The van der Waals surface area contributed by atoms with E-state index < -0.39 is 12.6 Å². The van der Waals surface area contributed by atoms with Crippen molar-refractivity contribution in [1.29, 1.82) is 0 Å². The van der Waals surface area contributed by atoms with Gasteiger partial charge in [-0.25, -0.2) is 0 Å². The van der Waals surface area contributed by atoms with Crippen LogP contribution >= 0.6 is 0 Å². The van der Waals surface area contributed by atoms with Crippen LogP contribution in [0.2, 0.25) is 5.32 Å². The molecule has 4 fully saturated rings. The van der Waals surface area contributed by atoms with Gasteiger partial charge < -0.3 is 0 Å². The van der Waals surface area contributed by atoms with Gasteiger partial charge in [-0.05, 0) is 0 Å². The topological polar surface area (TPSA) is 66.5 Å². The maximum atomic E-state index is 11.8. The predicted octanol–water partition coefficient (Wildman–Crippen LogP) is 4.31. The summed E-state index contributed by atoms with van der Waals surface area (Å²) in [7, 11) is 0. The van der Waals surface area contributed by atoms with Crippen LogP contribution in [-0.2, 0) is 35.0 Å². The summed E-state index contributed by atoms with van der Waals surface area (Å²) in [6.45, 7) is 1.88. The molecule has 0 radical (unpaired) electrons. The molecular weight excluding hydrogens is 585 g/mol. The molecule has 3 aromatic rings. The molecule has 0 bridgehead atoms. The monoisotopic (exact) mass is 621 g/mol. The fraction of sp³-hybridized carbons (Fsp3) is 0.424. The normalized spacial score (nSPS) is 31.7. The predicted molar refractivity (Wildman–Crippen MR) is 154 cm³/mol. The van der Waals surface area contributed by atoms with E-state index in [-0.39, 0.29) is 51.3 Å². The molecule has 1 unspecified atom stereocenters. The number of hydrogen-bond donors (Lipinski definition) is 0. The molecule has 0 saturated carbocycles. The second-order valence-corrected chi connectivity index (χ2v) is 13.3. The number of rotatable bonds is 7. The number of hydrogen-bond acceptors (Lipinski definition) is 7. The molecule has 7 atom stereocenters. The first kappa shape index (κ1) is 27.3. The number of likely N-dealkylation sites (tertiary alicyclic amines) is 1. The average Bonchev–Trinajstić information content (AvgIpc) is 3.33. The zero-order valence-corrected chi connectivity index (χ0v) is 24.6. The van der Waals surface area contributed by atoms with Crippen molar-refractivity contribution >= 4 is 25.4 Å². The van der Waals surface area contributed by atoms with E-state index in [1.165, 1.54) is 10.0 Å². The van der Waals surface area contributed by atoms with Crippen molar-refractivity contribution in [3.05, 3.63) is 102 Å². The first-order valence-electron chi connectivity index (χ1n) is 14.5. The van der Waals surface area contributed by atoms with Crippen LogP contribution in [0.3, 0.4) is 0 Å². The van der Waals surface area contributed by atoms with Crippen molar-refractivity contribution in [2.45, 2.75) is 74.1 Å². The Balaban J connectivity index is 1.12. The van der Waals surface area contributed by atoms with Gasteiger partial charge in [-0.15, -0.1) is 0 Å². The van der Waals surface area contributed by atoms with Crippen LogP contribution in [0.25, 0.3) is 0 Å². The Kier molecular flexibility index (Phi) is 8.23. The van der Waals surface area contributed by atoms with E-state index in [2.05, 4.69) is 53.4 Å². The summed E-state index contributed by atoms with van der Waals surface area (Å²) in [5.74, 6) is -0.0586. The van der Waals surface area contributed by atoms with Crippen LogP contribution in [-0.4, -0.2) is 69.4 Å². The Bertz CT molecular complexity index is 1260. The number of benzene rings is 3. The van der Waals surface area contributed by atoms with Crippen molar-refractivity contribution in [3.63, 3.8) is 0 Å². The Labute approximate surface area is 247 Å². The van der Waals surface area contributed by atoms with Crippen molar-refractivity contribution in [3.8, 4) is 0 Å². The summed E-state index contributed by atoms with van der Waals surface area (Å²) < 4.78 is 33.0. The number of carbonyl (C=O) groups excluding carboxylic acids is 1. The second-order valence-electron chi connectivity index (χ2n) is 11.1. The second kappa shape index (κ2) is 12.4. The van der Waals surface area contributed by atoms with Crippen molar-refractivity contribution in [2.24, 2.45) is 0 Å². The van der Waals surface area contributed by atoms with E-state index in [9.17, 15) is 4.79 Å². The fourth-order valence-corrected chi connectivity index (χ4v) is 8.66. The van der Waals surface area contributed by atoms with E-state index in [1.807, 2.05) is 36.4 Å². The molecule has 0 aromatic heterocycles. The molecule has 214 valence electrons. The first-order valence-corrected chi connectivity index (χ1v) is 16.6. The third kappa shape index (κ3) is 5.88. The molecule has 0 spiro atoms. The van der Waals surface area contributed by atoms with Gasteiger partial charge in [-0.2, -0.15) is 0 Å². The number of carbonyl (C=O) groups is 1. The average molecular weight is 621 g/mol. The number of fused-ring (bicyclic) bond motifs is 3.